The summed E-state index contributed by atoms with van der Waals surface area (Å²) >= 11 is 0. The van der Waals surface area contributed by atoms with E-state index in [1.165, 1.54) is 0 Å². The summed E-state index contributed by atoms with van der Waals surface area (Å²) in [6.07, 6.45) is 2.16. The van der Waals surface area contributed by atoms with E-state index in [4.69, 9.17) is 9.15 Å². The van der Waals surface area contributed by atoms with E-state index in [0.717, 1.165) is 54.3 Å². The predicted molar refractivity (Wildman–Crippen MR) is 85.2 cm³/mol. The second kappa shape index (κ2) is 6.08. The minimum Gasteiger partial charge on any atom is -0.496 e. The SMILES string of the molecule is COc1cc(-c2nnc(C3CCN(C)CC3)o2)c(C)cc1C. The summed E-state index contributed by atoms with van der Waals surface area (Å²) in [4.78, 5) is 2.34. The van der Waals surface area contributed by atoms with Crippen molar-refractivity contribution in [1.82, 2.24) is 15.1 Å². The number of nitrogens with zero attached hydrogens (tertiary/aromatic N) is 3. The molecule has 0 bridgehead atoms. The fraction of sp³-hybridized carbons (Fsp3) is 0.529. The number of likely N-dealkylation sites (tertiary alicyclic amines) is 1. The second-order valence-corrected chi connectivity index (χ2v) is 6.16. The van der Waals surface area contributed by atoms with Crippen molar-refractivity contribution in [2.75, 3.05) is 27.2 Å². The number of benzene rings is 1. The van der Waals surface area contributed by atoms with Crippen molar-refractivity contribution in [2.24, 2.45) is 0 Å². The highest BCUT2D eigenvalue weighted by atomic mass is 16.5. The van der Waals surface area contributed by atoms with Crippen LogP contribution in [0.5, 0.6) is 5.75 Å². The molecule has 0 unspecified atom stereocenters. The highest BCUT2D eigenvalue weighted by molar-refractivity contribution is 5.62. The highest BCUT2D eigenvalue weighted by Crippen LogP contribution is 2.32. The Labute approximate surface area is 131 Å². The maximum absolute atomic E-state index is 5.97. The van der Waals surface area contributed by atoms with Gasteiger partial charge in [-0.05, 0) is 64.0 Å². The van der Waals surface area contributed by atoms with Gasteiger partial charge in [-0.2, -0.15) is 0 Å². The zero-order valence-electron chi connectivity index (χ0n) is 13.7. The summed E-state index contributed by atoms with van der Waals surface area (Å²) in [6.45, 7) is 6.26. The number of hydrogen-bond acceptors (Lipinski definition) is 5. The molecule has 3 rings (SSSR count). The highest BCUT2D eigenvalue weighted by Gasteiger charge is 2.24. The molecule has 0 aliphatic carbocycles. The van der Waals surface area contributed by atoms with Crippen molar-refractivity contribution in [1.29, 1.82) is 0 Å². The molecule has 0 spiro atoms. The van der Waals surface area contributed by atoms with Gasteiger partial charge in [-0.1, -0.05) is 6.07 Å². The largest absolute Gasteiger partial charge is 0.496 e. The number of rotatable bonds is 3. The predicted octanol–water partition coefficient (Wildman–Crippen LogP) is 3.17. The molecule has 1 aromatic heterocycles. The molecule has 2 aromatic rings. The number of aromatic nitrogens is 2. The number of methoxy groups -OCH3 is 1. The first-order valence-electron chi connectivity index (χ1n) is 7.76. The molecule has 118 valence electrons. The van der Waals surface area contributed by atoms with Crippen molar-refractivity contribution < 1.29 is 9.15 Å². The van der Waals surface area contributed by atoms with Crippen LogP contribution in [0.2, 0.25) is 0 Å². The molecule has 1 aromatic carbocycles. The van der Waals surface area contributed by atoms with E-state index in [1.807, 2.05) is 13.0 Å². The number of aryl methyl sites for hydroxylation is 2. The lowest BCUT2D eigenvalue weighted by Crippen LogP contribution is -2.29. The molecule has 2 heterocycles. The molecule has 0 N–H and O–H groups in total. The van der Waals surface area contributed by atoms with E-state index in [2.05, 4.69) is 35.1 Å². The molecular formula is C17H23N3O2. The van der Waals surface area contributed by atoms with Gasteiger partial charge < -0.3 is 14.1 Å². The first kappa shape index (κ1) is 15.0. The summed E-state index contributed by atoms with van der Waals surface area (Å²) < 4.78 is 11.4. The van der Waals surface area contributed by atoms with E-state index >= 15 is 0 Å². The summed E-state index contributed by atoms with van der Waals surface area (Å²) in [7, 11) is 3.83. The topological polar surface area (TPSA) is 51.4 Å². The van der Waals surface area contributed by atoms with Gasteiger partial charge in [0.05, 0.1) is 7.11 Å². The summed E-state index contributed by atoms with van der Waals surface area (Å²) in [5.74, 6) is 2.58. The molecule has 1 saturated heterocycles. The lowest BCUT2D eigenvalue weighted by atomic mass is 9.97. The molecule has 5 heteroatoms. The van der Waals surface area contributed by atoms with E-state index in [1.54, 1.807) is 7.11 Å². The van der Waals surface area contributed by atoms with E-state index < -0.39 is 0 Å². The van der Waals surface area contributed by atoms with Crippen molar-refractivity contribution in [3.63, 3.8) is 0 Å². The van der Waals surface area contributed by atoms with Crippen molar-refractivity contribution in [2.45, 2.75) is 32.6 Å². The molecule has 0 atom stereocenters. The Morgan fingerprint density at radius 2 is 1.86 bits per heavy atom. The fourth-order valence-corrected chi connectivity index (χ4v) is 3.05. The van der Waals surface area contributed by atoms with Crippen LogP contribution in [-0.4, -0.2) is 42.3 Å². The quantitative estimate of drug-likeness (QED) is 0.871. The van der Waals surface area contributed by atoms with Gasteiger partial charge in [-0.3, -0.25) is 0 Å². The molecule has 0 radical (unpaired) electrons. The van der Waals surface area contributed by atoms with Gasteiger partial charge in [-0.25, -0.2) is 0 Å². The minimum absolute atomic E-state index is 0.380. The maximum atomic E-state index is 5.97. The summed E-state index contributed by atoms with van der Waals surface area (Å²) in [6, 6.07) is 4.07. The Morgan fingerprint density at radius 3 is 2.55 bits per heavy atom. The van der Waals surface area contributed by atoms with Crippen molar-refractivity contribution in [3.05, 3.63) is 29.2 Å². The molecule has 1 aliphatic rings. The Morgan fingerprint density at radius 1 is 1.14 bits per heavy atom. The lowest BCUT2D eigenvalue weighted by molar-refractivity contribution is 0.237. The Balaban J connectivity index is 1.87. The Bertz CT molecular complexity index is 658. The smallest absolute Gasteiger partial charge is 0.248 e. The van der Waals surface area contributed by atoms with Gasteiger partial charge in [-0.15, -0.1) is 10.2 Å². The van der Waals surface area contributed by atoms with Crippen LogP contribution >= 0.6 is 0 Å². The molecular weight excluding hydrogens is 278 g/mol. The van der Waals surface area contributed by atoms with Crippen molar-refractivity contribution >= 4 is 0 Å². The zero-order chi connectivity index (χ0) is 15.7. The molecule has 0 saturated carbocycles. The average molecular weight is 301 g/mol. The monoisotopic (exact) mass is 301 g/mol. The Kier molecular flexibility index (Phi) is 4.16. The summed E-state index contributed by atoms with van der Waals surface area (Å²) in [5, 5.41) is 8.55. The van der Waals surface area contributed by atoms with Gasteiger partial charge >= 0.3 is 0 Å². The second-order valence-electron chi connectivity index (χ2n) is 6.16. The average Bonchev–Trinajstić information content (AvgIpc) is 2.98. The summed E-state index contributed by atoms with van der Waals surface area (Å²) in [5.41, 5.74) is 3.19. The first-order valence-corrected chi connectivity index (χ1v) is 7.76. The van der Waals surface area contributed by atoms with Crippen molar-refractivity contribution in [3.8, 4) is 17.2 Å². The van der Waals surface area contributed by atoms with Gasteiger partial charge in [0.25, 0.3) is 0 Å². The van der Waals surface area contributed by atoms with Crippen LogP contribution < -0.4 is 4.74 Å². The van der Waals surface area contributed by atoms with Crippen LogP contribution in [0.1, 0.15) is 35.8 Å². The van der Waals surface area contributed by atoms with E-state index in [0.29, 0.717) is 11.8 Å². The maximum Gasteiger partial charge on any atom is 0.248 e. The third-order valence-corrected chi connectivity index (χ3v) is 4.48. The number of ether oxygens (including phenoxy) is 1. The number of hydrogen-bond donors (Lipinski definition) is 0. The minimum atomic E-state index is 0.380. The molecule has 5 nitrogen and oxygen atoms in total. The van der Waals surface area contributed by atoms with Crippen LogP contribution in [0.25, 0.3) is 11.5 Å². The normalized spacial score (nSPS) is 16.9. The fourth-order valence-electron chi connectivity index (χ4n) is 3.05. The molecule has 1 fully saturated rings. The van der Waals surface area contributed by atoms with E-state index in [9.17, 15) is 0 Å². The zero-order valence-corrected chi connectivity index (χ0v) is 13.7. The third-order valence-electron chi connectivity index (χ3n) is 4.48. The Hall–Kier alpha value is -1.88. The number of piperidine rings is 1. The first-order chi connectivity index (χ1) is 10.6. The third kappa shape index (κ3) is 2.86. The molecule has 22 heavy (non-hydrogen) atoms. The van der Waals surface area contributed by atoms with Crippen LogP contribution in [-0.2, 0) is 0 Å². The van der Waals surface area contributed by atoms with Gasteiger partial charge in [0.1, 0.15) is 5.75 Å². The standard InChI is InChI=1S/C17H23N3O2/c1-11-9-12(2)15(21-4)10-14(11)17-19-18-16(22-17)13-5-7-20(3)8-6-13/h9-10,13H,5-8H2,1-4H3. The van der Waals surface area contributed by atoms with Crippen LogP contribution in [0, 0.1) is 13.8 Å². The van der Waals surface area contributed by atoms with Gasteiger partial charge in [0.2, 0.25) is 11.8 Å². The molecule has 0 amide bonds. The van der Waals surface area contributed by atoms with Gasteiger partial charge in [0.15, 0.2) is 0 Å². The van der Waals surface area contributed by atoms with Crippen LogP contribution in [0.4, 0.5) is 0 Å². The lowest BCUT2D eigenvalue weighted by Gasteiger charge is -2.26. The molecule has 1 aliphatic heterocycles. The van der Waals surface area contributed by atoms with Gasteiger partial charge in [0, 0.05) is 11.5 Å². The van der Waals surface area contributed by atoms with Crippen LogP contribution in [0.3, 0.4) is 0 Å². The van der Waals surface area contributed by atoms with Crippen LogP contribution in [0.15, 0.2) is 16.5 Å². The van der Waals surface area contributed by atoms with E-state index in [-0.39, 0.29) is 0 Å².